The van der Waals surface area contributed by atoms with E-state index in [9.17, 15) is 9.90 Å². The molecule has 0 radical (unpaired) electrons. The van der Waals surface area contributed by atoms with Gasteiger partial charge in [-0.1, -0.05) is 19.1 Å². The molecule has 0 aliphatic carbocycles. The van der Waals surface area contributed by atoms with E-state index in [1.54, 1.807) is 48.5 Å². The number of anilines is 1. The van der Waals surface area contributed by atoms with Crippen LogP contribution in [0.2, 0.25) is 0 Å². The van der Waals surface area contributed by atoms with Crippen LogP contribution in [0.4, 0.5) is 5.82 Å². The number of benzene rings is 2. The first-order valence-electron chi connectivity index (χ1n) is 11.0. The number of carbonyl (C=O) groups excluding carboxylic acids is 1. The molecule has 1 amide bonds. The third-order valence-corrected chi connectivity index (χ3v) is 5.01. The molecule has 4 rings (SSSR count). The van der Waals surface area contributed by atoms with Crippen molar-refractivity contribution >= 4 is 17.4 Å². The van der Waals surface area contributed by atoms with Crippen LogP contribution in [-0.4, -0.2) is 48.6 Å². The van der Waals surface area contributed by atoms with Crippen molar-refractivity contribution in [3.05, 3.63) is 59.8 Å². The lowest BCUT2D eigenvalue weighted by Crippen LogP contribution is -2.21. The van der Waals surface area contributed by atoms with Gasteiger partial charge in [-0.3, -0.25) is 4.79 Å². The molecule has 180 valence electrons. The fourth-order valence-electron chi connectivity index (χ4n) is 3.28. The Labute approximate surface area is 200 Å². The van der Waals surface area contributed by atoms with E-state index in [1.807, 2.05) is 13.8 Å². The standard InChI is InChI=1S/C23H24N8O4/c1-3-13-34-17-11-7-15(8-12-17)20-19(26-30-31(20)22-21(24)28-35-29-22)23(33)27-25-18(4-2)14-5-9-16(32)10-6-14/h5-12,32H,3-4,13H2,1-2H3,(H2,24,28)(H,27,33)/b25-18-. The number of nitrogen functional groups attached to an aromatic ring is 1. The van der Waals surface area contributed by atoms with Gasteiger partial charge >= 0.3 is 0 Å². The number of rotatable bonds is 9. The third kappa shape index (κ3) is 5.11. The fraction of sp³-hybridized carbons (Fsp3) is 0.217. The normalized spacial score (nSPS) is 11.4. The molecule has 0 saturated carbocycles. The van der Waals surface area contributed by atoms with E-state index in [4.69, 9.17) is 15.1 Å². The zero-order valence-corrected chi connectivity index (χ0v) is 19.2. The van der Waals surface area contributed by atoms with Gasteiger partial charge in [0.2, 0.25) is 11.6 Å². The summed E-state index contributed by atoms with van der Waals surface area (Å²) < 4.78 is 11.6. The number of hydrazone groups is 1. The number of hydrogen-bond donors (Lipinski definition) is 3. The summed E-state index contributed by atoms with van der Waals surface area (Å²) in [4.78, 5) is 13.1. The first-order valence-corrected chi connectivity index (χ1v) is 11.0. The number of phenolic OH excluding ortho intramolecular Hbond substituents is 1. The molecule has 0 aliphatic rings. The molecule has 12 nitrogen and oxygen atoms in total. The van der Waals surface area contributed by atoms with Crippen molar-refractivity contribution < 1.29 is 19.3 Å². The van der Waals surface area contributed by atoms with Crippen LogP contribution in [0.15, 0.2) is 58.3 Å². The lowest BCUT2D eigenvalue weighted by Gasteiger charge is -2.09. The van der Waals surface area contributed by atoms with Crippen LogP contribution >= 0.6 is 0 Å². The van der Waals surface area contributed by atoms with Gasteiger partial charge in [0.25, 0.3) is 5.91 Å². The highest BCUT2D eigenvalue weighted by Crippen LogP contribution is 2.28. The molecular weight excluding hydrogens is 452 g/mol. The average molecular weight is 476 g/mol. The number of amides is 1. The minimum Gasteiger partial charge on any atom is -0.508 e. The second kappa shape index (κ2) is 10.5. The summed E-state index contributed by atoms with van der Waals surface area (Å²) in [5.74, 6) is 0.332. The Morgan fingerprint density at radius 3 is 2.51 bits per heavy atom. The summed E-state index contributed by atoms with van der Waals surface area (Å²) in [6.45, 7) is 4.52. The maximum absolute atomic E-state index is 13.1. The Morgan fingerprint density at radius 1 is 1.14 bits per heavy atom. The quantitative estimate of drug-likeness (QED) is 0.243. The molecule has 2 heterocycles. The van der Waals surface area contributed by atoms with Gasteiger partial charge in [-0.15, -0.1) is 5.10 Å². The van der Waals surface area contributed by atoms with Crippen LogP contribution in [0.3, 0.4) is 0 Å². The van der Waals surface area contributed by atoms with E-state index < -0.39 is 5.91 Å². The molecular formula is C23H24N8O4. The fourth-order valence-corrected chi connectivity index (χ4v) is 3.28. The highest BCUT2D eigenvalue weighted by atomic mass is 16.6. The number of nitrogens with zero attached hydrogens (tertiary/aromatic N) is 6. The number of nitrogens with two attached hydrogens (primary N) is 1. The SMILES string of the molecule is CCCOc1ccc(-c2c(C(=O)N/N=C(/CC)c3ccc(O)cc3)nnn2-c2nonc2N)cc1. The summed E-state index contributed by atoms with van der Waals surface area (Å²) in [6.07, 6.45) is 1.43. The Balaban J connectivity index is 1.69. The molecule has 4 aromatic rings. The Morgan fingerprint density at radius 2 is 1.89 bits per heavy atom. The third-order valence-electron chi connectivity index (χ3n) is 5.01. The molecule has 0 bridgehead atoms. The molecule has 0 saturated heterocycles. The highest BCUT2D eigenvalue weighted by molar-refractivity contribution is 6.03. The number of aromatic hydroxyl groups is 1. The number of carbonyl (C=O) groups is 1. The summed E-state index contributed by atoms with van der Waals surface area (Å²) in [6, 6.07) is 13.7. The molecule has 35 heavy (non-hydrogen) atoms. The van der Waals surface area contributed by atoms with Gasteiger partial charge < -0.3 is 15.6 Å². The van der Waals surface area contributed by atoms with E-state index in [0.29, 0.717) is 35.7 Å². The highest BCUT2D eigenvalue weighted by Gasteiger charge is 2.25. The summed E-state index contributed by atoms with van der Waals surface area (Å²) in [5.41, 5.74) is 10.7. The summed E-state index contributed by atoms with van der Waals surface area (Å²) >= 11 is 0. The van der Waals surface area contributed by atoms with Crippen molar-refractivity contribution in [2.45, 2.75) is 26.7 Å². The first kappa shape index (κ1) is 23.4. The molecule has 2 aromatic carbocycles. The van der Waals surface area contributed by atoms with Gasteiger partial charge in [0.15, 0.2) is 5.69 Å². The first-order chi connectivity index (χ1) is 17.0. The van der Waals surface area contributed by atoms with Crippen LogP contribution in [-0.2, 0) is 0 Å². The van der Waals surface area contributed by atoms with Crippen molar-refractivity contribution in [2.24, 2.45) is 5.10 Å². The van der Waals surface area contributed by atoms with Crippen LogP contribution in [0.25, 0.3) is 17.1 Å². The lowest BCUT2D eigenvalue weighted by molar-refractivity contribution is 0.0950. The Bertz CT molecular complexity index is 1330. The van der Waals surface area contributed by atoms with Crippen LogP contribution < -0.4 is 15.9 Å². The summed E-state index contributed by atoms with van der Waals surface area (Å²) in [5, 5.41) is 29.3. The van der Waals surface area contributed by atoms with E-state index >= 15 is 0 Å². The number of hydrogen-bond acceptors (Lipinski definition) is 10. The molecule has 0 spiro atoms. The molecule has 2 aromatic heterocycles. The second-order valence-electron chi connectivity index (χ2n) is 7.44. The molecule has 0 fully saturated rings. The van der Waals surface area contributed by atoms with Crippen LogP contribution in [0.5, 0.6) is 11.5 Å². The van der Waals surface area contributed by atoms with Gasteiger partial charge in [0.1, 0.15) is 17.2 Å². The maximum Gasteiger partial charge on any atom is 0.294 e. The van der Waals surface area contributed by atoms with Gasteiger partial charge in [-0.2, -0.15) is 9.78 Å². The summed E-state index contributed by atoms with van der Waals surface area (Å²) in [7, 11) is 0. The van der Waals surface area contributed by atoms with Gasteiger partial charge in [0.05, 0.1) is 12.3 Å². The van der Waals surface area contributed by atoms with Crippen molar-refractivity contribution in [2.75, 3.05) is 12.3 Å². The van der Waals surface area contributed by atoms with Gasteiger partial charge in [-0.25, -0.2) is 10.1 Å². The number of aromatic nitrogens is 5. The largest absolute Gasteiger partial charge is 0.508 e. The maximum atomic E-state index is 13.1. The van der Waals surface area contributed by atoms with Crippen molar-refractivity contribution in [1.82, 2.24) is 30.7 Å². The zero-order valence-electron chi connectivity index (χ0n) is 19.2. The molecule has 0 unspecified atom stereocenters. The van der Waals surface area contributed by atoms with Crippen molar-refractivity contribution in [1.29, 1.82) is 0 Å². The van der Waals surface area contributed by atoms with E-state index in [-0.39, 0.29) is 23.1 Å². The van der Waals surface area contributed by atoms with Crippen LogP contribution in [0.1, 0.15) is 42.7 Å². The second-order valence-corrected chi connectivity index (χ2v) is 7.44. The number of nitrogens with one attached hydrogen (secondary N) is 1. The Hall–Kier alpha value is -4.74. The minimum absolute atomic E-state index is 0.000430. The topological polar surface area (TPSA) is 167 Å². The van der Waals surface area contributed by atoms with Crippen molar-refractivity contribution in [3.8, 4) is 28.6 Å². The minimum atomic E-state index is -0.586. The number of phenols is 1. The zero-order chi connectivity index (χ0) is 24.8. The molecule has 12 heteroatoms. The average Bonchev–Trinajstić information content (AvgIpc) is 3.50. The molecule has 4 N–H and O–H groups in total. The molecule has 0 atom stereocenters. The molecule has 0 aliphatic heterocycles. The van der Waals surface area contributed by atoms with Gasteiger partial charge in [0, 0.05) is 5.56 Å². The lowest BCUT2D eigenvalue weighted by atomic mass is 10.1. The van der Waals surface area contributed by atoms with Crippen molar-refractivity contribution in [3.63, 3.8) is 0 Å². The smallest absolute Gasteiger partial charge is 0.294 e. The van der Waals surface area contributed by atoms with E-state index in [2.05, 4.69) is 31.2 Å². The Kier molecular flexibility index (Phi) is 7.00. The number of ether oxygens (including phenoxy) is 1. The monoisotopic (exact) mass is 476 g/mol. The predicted molar refractivity (Wildman–Crippen MR) is 127 cm³/mol. The van der Waals surface area contributed by atoms with Gasteiger partial charge in [-0.05, 0) is 77.2 Å². The van der Waals surface area contributed by atoms with E-state index in [0.717, 1.165) is 12.0 Å². The van der Waals surface area contributed by atoms with Crippen LogP contribution in [0, 0.1) is 0 Å². The van der Waals surface area contributed by atoms with E-state index in [1.165, 1.54) is 4.68 Å². The predicted octanol–water partition coefficient (Wildman–Crippen LogP) is 2.94.